The number of nitrogens with zero attached hydrogens (tertiary/aromatic N) is 2. The Bertz CT molecular complexity index is 495. The van der Waals surface area contributed by atoms with Gasteiger partial charge in [0.1, 0.15) is 5.82 Å². The first-order valence-corrected chi connectivity index (χ1v) is 5.21. The highest BCUT2D eigenvalue weighted by atomic mass is 19.1. The maximum absolute atomic E-state index is 13.1. The summed E-state index contributed by atoms with van der Waals surface area (Å²) in [5.74, 6) is 0.102. The summed E-state index contributed by atoms with van der Waals surface area (Å²) < 4.78 is 20.1. The van der Waals surface area contributed by atoms with Crippen LogP contribution in [-0.4, -0.2) is 22.8 Å². The highest BCUT2D eigenvalue weighted by molar-refractivity contribution is 5.78. The van der Waals surface area contributed by atoms with Gasteiger partial charge < -0.3 is 15.0 Å². The van der Waals surface area contributed by atoms with Crippen molar-refractivity contribution in [3.05, 3.63) is 24.0 Å². The molecule has 0 aliphatic heterocycles. The molecule has 16 heavy (non-hydrogen) atoms. The molecular weight excluding hydrogens is 209 g/mol. The Morgan fingerprint density at radius 2 is 2.31 bits per heavy atom. The van der Waals surface area contributed by atoms with Crippen molar-refractivity contribution in [3.8, 4) is 0 Å². The van der Waals surface area contributed by atoms with Crippen LogP contribution in [0.1, 0.15) is 6.92 Å². The molecule has 5 heteroatoms. The van der Waals surface area contributed by atoms with Crippen molar-refractivity contribution in [3.63, 3.8) is 0 Å². The highest BCUT2D eigenvalue weighted by Crippen LogP contribution is 2.18. The molecule has 0 radical (unpaired) electrons. The molecule has 1 aromatic heterocycles. The summed E-state index contributed by atoms with van der Waals surface area (Å²) in [6.07, 6.45) is 0. The Hall–Kier alpha value is -1.62. The van der Waals surface area contributed by atoms with E-state index in [9.17, 15) is 4.39 Å². The van der Waals surface area contributed by atoms with Crippen LogP contribution < -0.4 is 5.73 Å². The number of halogens is 1. The van der Waals surface area contributed by atoms with Gasteiger partial charge in [-0.25, -0.2) is 9.37 Å². The Labute approximate surface area is 92.8 Å². The molecule has 0 aliphatic carbocycles. The third kappa shape index (κ3) is 1.99. The van der Waals surface area contributed by atoms with Gasteiger partial charge in [-0.3, -0.25) is 0 Å². The van der Waals surface area contributed by atoms with E-state index in [1.165, 1.54) is 12.1 Å². The van der Waals surface area contributed by atoms with Crippen molar-refractivity contribution in [2.45, 2.75) is 13.5 Å². The molecule has 1 heterocycles. The van der Waals surface area contributed by atoms with E-state index in [2.05, 4.69) is 4.98 Å². The zero-order valence-corrected chi connectivity index (χ0v) is 9.11. The zero-order chi connectivity index (χ0) is 11.5. The number of hydrogen-bond donors (Lipinski definition) is 1. The SMILES string of the molecule is CCOCCn1c(N)nc2ccc(F)cc21. The molecule has 0 spiro atoms. The molecule has 2 aromatic rings. The molecule has 0 saturated carbocycles. The first-order valence-electron chi connectivity index (χ1n) is 5.21. The minimum atomic E-state index is -0.287. The molecule has 0 atom stereocenters. The second-order valence-corrected chi connectivity index (χ2v) is 3.45. The molecule has 0 aliphatic rings. The Morgan fingerprint density at radius 1 is 1.50 bits per heavy atom. The molecule has 86 valence electrons. The van der Waals surface area contributed by atoms with Gasteiger partial charge in [-0.15, -0.1) is 0 Å². The molecular formula is C11H14FN3O. The predicted molar refractivity (Wildman–Crippen MR) is 60.6 cm³/mol. The van der Waals surface area contributed by atoms with Gasteiger partial charge in [-0.05, 0) is 25.1 Å². The number of nitrogens with two attached hydrogens (primary N) is 1. The molecule has 2 N–H and O–H groups in total. The molecule has 0 unspecified atom stereocenters. The van der Waals surface area contributed by atoms with Crippen molar-refractivity contribution in [2.75, 3.05) is 18.9 Å². The minimum Gasteiger partial charge on any atom is -0.380 e. The van der Waals surface area contributed by atoms with E-state index < -0.39 is 0 Å². The van der Waals surface area contributed by atoms with Crippen molar-refractivity contribution in [1.82, 2.24) is 9.55 Å². The van der Waals surface area contributed by atoms with E-state index in [0.29, 0.717) is 36.7 Å². The smallest absolute Gasteiger partial charge is 0.201 e. The lowest BCUT2D eigenvalue weighted by Crippen LogP contribution is -2.08. The number of imidazole rings is 1. The Kier molecular flexibility index (Phi) is 3.05. The Morgan fingerprint density at radius 3 is 3.06 bits per heavy atom. The molecule has 1 aromatic carbocycles. The van der Waals surface area contributed by atoms with Gasteiger partial charge in [-0.1, -0.05) is 0 Å². The molecule has 2 rings (SSSR count). The fraction of sp³-hybridized carbons (Fsp3) is 0.364. The maximum atomic E-state index is 13.1. The number of nitrogen functional groups attached to an aromatic ring is 1. The van der Waals surface area contributed by atoms with Crippen LogP contribution >= 0.6 is 0 Å². The normalized spacial score (nSPS) is 11.1. The van der Waals surface area contributed by atoms with Gasteiger partial charge in [-0.2, -0.15) is 0 Å². The van der Waals surface area contributed by atoms with Crippen LogP contribution in [0.5, 0.6) is 0 Å². The fourth-order valence-corrected chi connectivity index (χ4v) is 1.65. The summed E-state index contributed by atoms with van der Waals surface area (Å²) >= 11 is 0. The quantitative estimate of drug-likeness (QED) is 0.804. The number of anilines is 1. The first-order chi connectivity index (χ1) is 7.72. The van der Waals surface area contributed by atoms with Gasteiger partial charge in [0, 0.05) is 13.2 Å². The van der Waals surface area contributed by atoms with Gasteiger partial charge in [0.2, 0.25) is 5.95 Å². The fourth-order valence-electron chi connectivity index (χ4n) is 1.65. The largest absolute Gasteiger partial charge is 0.380 e. The lowest BCUT2D eigenvalue weighted by Gasteiger charge is -2.06. The minimum absolute atomic E-state index is 0.287. The van der Waals surface area contributed by atoms with Gasteiger partial charge in [0.05, 0.1) is 17.6 Å². The van der Waals surface area contributed by atoms with Crippen LogP contribution in [0, 0.1) is 5.82 Å². The lowest BCUT2D eigenvalue weighted by molar-refractivity contribution is 0.140. The summed E-state index contributed by atoms with van der Waals surface area (Å²) in [5.41, 5.74) is 7.17. The van der Waals surface area contributed by atoms with Gasteiger partial charge >= 0.3 is 0 Å². The monoisotopic (exact) mass is 223 g/mol. The molecule has 0 saturated heterocycles. The molecule has 0 fully saturated rings. The summed E-state index contributed by atoms with van der Waals surface area (Å²) in [6.45, 7) is 3.71. The van der Waals surface area contributed by atoms with E-state index in [1.54, 1.807) is 10.6 Å². The number of aromatic nitrogens is 2. The average molecular weight is 223 g/mol. The average Bonchev–Trinajstić information content (AvgIpc) is 2.56. The topological polar surface area (TPSA) is 53.1 Å². The lowest BCUT2D eigenvalue weighted by atomic mass is 10.3. The number of benzene rings is 1. The molecule has 0 bridgehead atoms. The number of hydrogen-bond acceptors (Lipinski definition) is 3. The van der Waals surface area contributed by atoms with Crippen molar-refractivity contribution in [1.29, 1.82) is 0 Å². The van der Waals surface area contributed by atoms with Gasteiger partial charge in [0.15, 0.2) is 0 Å². The summed E-state index contributed by atoms with van der Waals surface area (Å²) in [7, 11) is 0. The van der Waals surface area contributed by atoms with Gasteiger partial charge in [0.25, 0.3) is 0 Å². The van der Waals surface area contributed by atoms with Crippen LogP contribution in [0.15, 0.2) is 18.2 Å². The third-order valence-corrected chi connectivity index (χ3v) is 2.40. The van der Waals surface area contributed by atoms with Crippen LogP contribution in [0.25, 0.3) is 11.0 Å². The van der Waals surface area contributed by atoms with Crippen LogP contribution in [0.4, 0.5) is 10.3 Å². The number of ether oxygens (including phenoxy) is 1. The highest BCUT2D eigenvalue weighted by Gasteiger charge is 2.08. The van der Waals surface area contributed by atoms with E-state index in [-0.39, 0.29) is 5.82 Å². The van der Waals surface area contributed by atoms with Crippen molar-refractivity contribution >= 4 is 17.0 Å². The van der Waals surface area contributed by atoms with E-state index in [4.69, 9.17) is 10.5 Å². The Balaban J connectivity index is 2.34. The van der Waals surface area contributed by atoms with Crippen LogP contribution in [0.2, 0.25) is 0 Å². The zero-order valence-electron chi connectivity index (χ0n) is 9.11. The summed E-state index contributed by atoms with van der Waals surface area (Å²) in [4.78, 5) is 4.15. The number of rotatable bonds is 4. The third-order valence-electron chi connectivity index (χ3n) is 2.40. The van der Waals surface area contributed by atoms with Crippen molar-refractivity contribution in [2.24, 2.45) is 0 Å². The second-order valence-electron chi connectivity index (χ2n) is 3.45. The van der Waals surface area contributed by atoms with Crippen LogP contribution in [0.3, 0.4) is 0 Å². The van der Waals surface area contributed by atoms with E-state index in [0.717, 1.165) is 0 Å². The summed E-state index contributed by atoms with van der Waals surface area (Å²) in [6, 6.07) is 4.44. The summed E-state index contributed by atoms with van der Waals surface area (Å²) in [5, 5.41) is 0. The first kappa shape index (κ1) is 10.9. The van der Waals surface area contributed by atoms with E-state index in [1.807, 2.05) is 6.92 Å². The second kappa shape index (κ2) is 4.49. The standard InChI is InChI=1S/C11H14FN3O/c1-2-16-6-5-15-10-7-8(12)3-4-9(10)14-11(15)13/h3-4,7H,2,5-6H2,1H3,(H2,13,14). The molecule has 4 nitrogen and oxygen atoms in total. The predicted octanol–water partition coefficient (Wildman–Crippen LogP) is 1.79. The van der Waals surface area contributed by atoms with Crippen molar-refractivity contribution < 1.29 is 9.13 Å². The maximum Gasteiger partial charge on any atom is 0.201 e. The van der Waals surface area contributed by atoms with Crippen LogP contribution in [-0.2, 0) is 11.3 Å². The molecule has 0 amide bonds. The van der Waals surface area contributed by atoms with E-state index >= 15 is 0 Å². The number of fused-ring (bicyclic) bond motifs is 1.